The number of aryl methyl sites for hydroxylation is 1. The number of aliphatic carboxylic acids is 1. The van der Waals surface area contributed by atoms with Crippen LogP contribution in [-0.2, 0) is 20.9 Å². The van der Waals surface area contributed by atoms with Crippen molar-refractivity contribution in [3.05, 3.63) is 29.8 Å². The highest BCUT2D eigenvalue weighted by molar-refractivity contribution is 5.87. The van der Waals surface area contributed by atoms with Crippen LogP contribution in [-0.4, -0.2) is 55.7 Å². The molecular weight excluding hydrogens is 364 g/mol. The number of nitrogens with zero attached hydrogens (tertiary/aromatic N) is 4. The average molecular weight is 388 g/mol. The van der Waals surface area contributed by atoms with Gasteiger partial charge in [-0.3, -0.25) is 9.59 Å². The Balaban J connectivity index is 1.83. The minimum atomic E-state index is -1.11. The van der Waals surface area contributed by atoms with Crippen molar-refractivity contribution in [2.75, 3.05) is 6.54 Å². The highest BCUT2D eigenvalue weighted by Gasteiger charge is 2.21. The lowest BCUT2D eigenvalue weighted by molar-refractivity contribution is -0.142. The van der Waals surface area contributed by atoms with E-state index < -0.39 is 23.8 Å². The van der Waals surface area contributed by atoms with E-state index in [1.165, 1.54) is 0 Å². The van der Waals surface area contributed by atoms with Crippen LogP contribution in [0.2, 0.25) is 0 Å². The van der Waals surface area contributed by atoms with E-state index in [0.29, 0.717) is 12.2 Å². The van der Waals surface area contributed by atoms with E-state index in [1.807, 2.05) is 45.0 Å². The molecule has 0 saturated carbocycles. The van der Waals surface area contributed by atoms with E-state index in [0.717, 1.165) is 15.9 Å². The van der Waals surface area contributed by atoms with Crippen molar-refractivity contribution in [3.63, 3.8) is 0 Å². The zero-order valence-corrected chi connectivity index (χ0v) is 16.0. The number of carboxylic acids is 1. The van der Waals surface area contributed by atoms with Crippen LogP contribution < -0.4 is 10.6 Å². The zero-order valence-electron chi connectivity index (χ0n) is 16.0. The second-order valence-electron chi connectivity index (χ2n) is 6.87. The number of aromatic nitrogens is 4. The number of hydrogen-bond donors (Lipinski definition) is 3. The number of hydrogen-bond acceptors (Lipinski definition) is 6. The number of carbonyl (C=O) groups is 3. The molecule has 0 fully saturated rings. The van der Waals surface area contributed by atoms with Crippen molar-refractivity contribution in [3.8, 4) is 11.4 Å². The van der Waals surface area contributed by atoms with Crippen molar-refractivity contribution >= 4 is 17.8 Å². The molecule has 2 aromatic rings. The molecule has 0 radical (unpaired) electrons. The Labute approximate surface area is 162 Å². The maximum atomic E-state index is 12.0. The van der Waals surface area contributed by atoms with Crippen molar-refractivity contribution in [2.24, 2.45) is 5.92 Å². The van der Waals surface area contributed by atoms with E-state index in [2.05, 4.69) is 26.0 Å². The van der Waals surface area contributed by atoms with Gasteiger partial charge in [-0.15, -0.1) is 10.2 Å². The van der Waals surface area contributed by atoms with Crippen LogP contribution in [0.15, 0.2) is 24.3 Å². The van der Waals surface area contributed by atoms with Gasteiger partial charge in [0.15, 0.2) is 0 Å². The van der Waals surface area contributed by atoms with Gasteiger partial charge in [0.2, 0.25) is 17.6 Å². The minimum absolute atomic E-state index is 0.108. The summed E-state index contributed by atoms with van der Waals surface area (Å²) in [5.74, 6) is -1.67. The van der Waals surface area contributed by atoms with Gasteiger partial charge in [-0.1, -0.05) is 43.7 Å². The predicted octanol–water partition coefficient (Wildman–Crippen LogP) is 0.380. The highest BCUT2D eigenvalue weighted by atomic mass is 16.4. The molecule has 1 atom stereocenters. The number of carbonyl (C=O) groups excluding carboxylic acids is 2. The van der Waals surface area contributed by atoms with Gasteiger partial charge in [-0.05, 0) is 24.5 Å². The topological polar surface area (TPSA) is 139 Å². The van der Waals surface area contributed by atoms with Crippen LogP contribution in [0.1, 0.15) is 25.8 Å². The number of nitrogens with one attached hydrogen (secondary N) is 2. The lowest BCUT2D eigenvalue weighted by Crippen LogP contribution is -2.46. The van der Waals surface area contributed by atoms with Crippen LogP contribution in [0.5, 0.6) is 0 Å². The number of amides is 2. The largest absolute Gasteiger partial charge is 0.480 e. The van der Waals surface area contributed by atoms with Gasteiger partial charge < -0.3 is 15.7 Å². The van der Waals surface area contributed by atoms with Gasteiger partial charge in [0.1, 0.15) is 12.6 Å². The summed E-state index contributed by atoms with van der Waals surface area (Å²) in [6.45, 7) is 5.15. The molecule has 10 heteroatoms. The first-order valence-corrected chi connectivity index (χ1v) is 8.88. The molecule has 2 amide bonds. The average Bonchev–Trinajstić information content (AvgIpc) is 3.08. The standard InChI is InChI=1S/C18H24N6O4/c1-11(2)8-14(18(27)28)20-15(25)9-19-16(26)10-24-22-17(21-23-24)13-6-4-12(3)5-7-13/h4-7,11,14H,8-10H2,1-3H3,(H,19,26)(H,20,25)(H,27,28)/t14-/m0/s1. The van der Waals surface area contributed by atoms with Crippen LogP contribution in [0.4, 0.5) is 0 Å². The summed E-state index contributed by atoms with van der Waals surface area (Å²) in [7, 11) is 0. The van der Waals surface area contributed by atoms with E-state index >= 15 is 0 Å². The summed E-state index contributed by atoms with van der Waals surface area (Å²) in [6.07, 6.45) is 0.305. The van der Waals surface area contributed by atoms with Crippen molar-refractivity contribution < 1.29 is 19.5 Å². The Hall–Kier alpha value is -3.30. The monoisotopic (exact) mass is 388 g/mol. The second kappa shape index (κ2) is 9.58. The van der Waals surface area contributed by atoms with E-state index in [9.17, 15) is 14.4 Å². The third kappa shape index (κ3) is 6.45. The van der Waals surface area contributed by atoms with Crippen LogP contribution >= 0.6 is 0 Å². The first kappa shape index (κ1) is 21.0. The summed E-state index contributed by atoms with van der Waals surface area (Å²) in [6, 6.07) is 6.57. The molecule has 0 saturated heterocycles. The fourth-order valence-electron chi connectivity index (χ4n) is 2.43. The maximum Gasteiger partial charge on any atom is 0.326 e. The van der Waals surface area contributed by atoms with Gasteiger partial charge >= 0.3 is 5.97 Å². The number of carboxylic acid groups (broad SMARTS) is 1. The third-order valence-corrected chi connectivity index (χ3v) is 3.83. The van der Waals surface area contributed by atoms with Gasteiger partial charge in [0.05, 0.1) is 6.54 Å². The molecule has 0 aliphatic heterocycles. The molecule has 1 aromatic carbocycles. The maximum absolute atomic E-state index is 12.0. The Morgan fingerprint density at radius 2 is 1.82 bits per heavy atom. The summed E-state index contributed by atoms with van der Waals surface area (Å²) >= 11 is 0. The fourth-order valence-corrected chi connectivity index (χ4v) is 2.43. The summed E-state index contributed by atoms with van der Waals surface area (Å²) in [5, 5.41) is 25.8. The molecule has 28 heavy (non-hydrogen) atoms. The molecule has 0 unspecified atom stereocenters. The molecular formula is C18H24N6O4. The normalized spacial score (nSPS) is 11.9. The van der Waals surface area contributed by atoms with Crippen LogP contribution in [0, 0.1) is 12.8 Å². The van der Waals surface area contributed by atoms with Gasteiger partial charge in [0, 0.05) is 5.56 Å². The zero-order chi connectivity index (χ0) is 20.7. The Bertz CT molecular complexity index is 831. The molecule has 0 spiro atoms. The smallest absolute Gasteiger partial charge is 0.326 e. The molecule has 0 aliphatic carbocycles. The predicted molar refractivity (Wildman–Crippen MR) is 100 cm³/mol. The van der Waals surface area contributed by atoms with Gasteiger partial charge in [-0.25, -0.2) is 4.79 Å². The Kier molecular flexibility index (Phi) is 7.19. The highest BCUT2D eigenvalue weighted by Crippen LogP contribution is 2.13. The van der Waals surface area contributed by atoms with Crippen molar-refractivity contribution in [1.82, 2.24) is 30.8 Å². The molecule has 150 valence electrons. The first-order chi connectivity index (χ1) is 13.2. The quantitative estimate of drug-likeness (QED) is 0.564. The van der Waals surface area contributed by atoms with Crippen LogP contribution in [0.25, 0.3) is 11.4 Å². The number of rotatable bonds is 9. The second-order valence-corrected chi connectivity index (χ2v) is 6.87. The van der Waals surface area contributed by atoms with Crippen molar-refractivity contribution in [2.45, 2.75) is 39.8 Å². The molecule has 2 rings (SSSR count). The molecule has 10 nitrogen and oxygen atoms in total. The van der Waals surface area contributed by atoms with E-state index in [4.69, 9.17) is 5.11 Å². The molecule has 1 aromatic heterocycles. The van der Waals surface area contributed by atoms with Crippen LogP contribution in [0.3, 0.4) is 0 Å². The molecule has 3 N–H and O–H groups in total. The summed E-state index contributed by atoms with van der Waals surface area (Å²) in [5.41, 5.74) is 1.88. The molecule has 0 bridgehead atoms. The minimum Gasteiger partial charge on any atom is -0.480 e. The summed E-state index contributed by atoms with van der Waals surface area (Å²) in [4.78, 5) is 36.1. The fraction of sp³-hybridized carbons (Fsp3) is 0.444. The number of benzene rings is 1. The van der Waals surface area contributed by atoms with Gasteiger partial charge in [0.25, 0.3) is 0 Å². The van der Waals surface area contributed by atoms with Crippen molar-refractivity contribution in [1.29, 1.82) is 0 Å². The SMILES string of the molecule is Cc1ccc(-c2nnn(CC(=O)NCC(=O)N[C@@H](CC(C)C)C(=O)O)n2)cc1. The first-order valence-electron chi connectivity index (χ1n) is 8.88. The summed E-state index contributed by atoms with van der Waals surface area (Å²) < 4.78 is 0. The van der Waals surface area contributed by atoms with E-state index in [-0.39, 0.29) is 19.0 Å². The Morgan fingerprint density at radius 3 is 2.43 bits per heavy atom. The lowest BCUT2D eigenvalue weighted by Gasteiger charge is -2.16. The lowest BCUT2D eigenvalue weighted by atomic mass is 10.0. The molecule has 0 aliphatic rings. The molecule has 1 heterocycles. The Morgan fingerprint density at radius 1 is 1.14 bits per heavy atom. The number of tetrazole rings is 1. The third-order valence-electron chi connectivity index (χ3n) is 3.83. The van der Waals surface area contributed by atoms with E-state index in [1.54, 1.807) is 0 Å². The van der Waals surface area contributed by atoms with Gasteiger partial charge in [-0.2, -0.15) is 4.80 Å².